The van der Waals surface area contributed by atoms with E-state index in [0.717, 1.165) is 26.5 Å². The van der Waals surface area contributed by atoms with Crippen molar-refractivity contribution in [3.05, 3.63) is 52.3 Å². The van der Waals surface area contributed by atoms with Crippen LogP contribution in [-0.4, -0.2) is 17.1 Å². The molecule has 3 aromatic rings. The minimum Gasteiger partial charge on any atom is -0.497 e. The molecule has 0 saturated heterocycles. The third-order valence-corrected chi connectivity index (χ3v) is 4.10. The van der Waals surface area contributed by atoms with Gasteiger partial charge in [-0.3, -0.25) is 0 Å². The molecule has 5 heteroatoms. The number of halogens is 1. The largest absolute Gasteiger partial charge is 0.497 e. The number of fused-ring (bicyclic) bond motifs is 1. The van der Waals surface area contributed by atoms with Crippen LogP contribution >= 0.6 is 22.9 Å². The molecule has 20 heavy (non-hydrogen) atoms. The van der Waals surface area contributed by atoms with E-state index in [4.69, 9.17) is 16.3 Å². The van der Waals surface area contributed by atoms with Gasteiger partial charge in [0.2, 0.25) is 0 Å². The van der Waals surface area contributed by atoms with Gasteiger partial charge in [0, 0.05) is 11.8 Å². The summed E-state index contributed by atoms with van der Waals surface area (Å²) in [7, 11) is 1.66. The highest BCUT2D eigenvalue weighted by molar-refractivity contribution is 7.19. The van der Waals surface area contributed by atoms with Crippen molar-refractivity contribution in [3.8, 4) is 5.75 Å². The summed E-state index contributed by atoms with van der Waals surface area (Å²) in [6.45, 7) is 0. The summed E-state index contributed by atoms with van der Waals surface area (Å²) in [4.78, 5) is 8.58. The lowest BCUT2D eigenvalue weighted by molar-refractivity contribution is 0.415. The zero-order chi connectivity index (χ0) is 13.9. The summed E-state index contributed by atoms with van der Waals surface area (Å²) in [6, 6.07) is 9.63. The zero-order valence-corrected chi connectivity index (χ0v) is 12.3. The van der Waals surface area contributed by atoms with Crippen LogP contribution in [0, 0.1) is 0 Å². The van der Waals surface area contributed by atoms with E-state index in [0.29, 0.717) is 5.15 Å². The Morgan fingerprint density at radius 2 is 2.15 bits per heavy atom. The molecule has 0 atom stereocenters. The Hall–Kier alpha value is -1.91. The van der Waals surface area contributed by atoms with Gasteiger partial charge in [-0.15, -0.1) is 11.3 Å². The first-order chi connectivity index (χ1) is 9.76. The number of rotatable bonds is 3. The highest BCUT2D eigenvalue weighted by atomic mass is 35.5. The van der Waals surface area contributed by atoms with E-state index < -0.39 is 0 Å². The van der Waals surface area contributed by atoms with Crippen LogP contribution in [0.25, 0.3) is 22.4 Å². The fourth-order valence-corrected chi connectivity index (χ4v) is 2.89. The van der Waals surface area contributed by atoms with Gasteiger partial charge in [0.1, 0.15) is 15.9 Å². The van der Waals surface area contributed by atoms with E-state index in [1.54, 1.807) is 24.6 Å². The molecular weight excluding hydrogens is 292 g/mol. The summed E-state index contributed by atoms with van der Waals surface area (Å²) >= 11 is 7.62. The van der Waals surface area contributed by atoms with E-state index in [2.05, 4.69) is 9.97 Å². The predicted molar refractivity (Wildman–Crippen MR) is 84.3 cm³/mol. The van der Waals surface area contributed by atoms with Crippen LogP contribution in [-0.2, 0) is 0 Å². The number of benzene rings is 1. The SMILES string of the molecule is COc1ccc2nc(C=Cc3cccnc3Cl)sc2c1. The zero-order valence-electron chi connectivity index (χ0n) is 10.7. The predicted octanol–water partition coefficient (Wildman–Crippen LogP) is 4.52. The number of ether oxygens (including phenoxy) is 1. The van der Waals surface area contributed by atoms with Crippen molar-refractivity contribution in [2.24, 2.45) is 0 Å². The highest BCUT2D eigenvalue weighted by Gasteiger charge is 2.03. The minimum atomic E-state index is 0.492. The van der Waals surface area contributed by atoms with Crippen molar-refractivity contribution in [1.29, 1.82) is 0 Å². The van der Waals surface area contributed by atoms with Gasteiger partial charge in [0.15, 0.2) is 0 Å². The maximum absolute atomic E-state index is 6.01. The Bertz CT molecular complexity index is 782. The van der Waals surface area contributed by atoms with Gasteiger partial charge >= 0.3 is 0 Å². The number of aromatic nitrogens is 2. The smallest absolute Gasteiger partial charge is 0.136 e. The first-order valence-electron chi connectivity index (χ1n) is 5.99. The fraction of sp³-hybridized carbons (Fsp3) is 0.0667. The number of pyridine rings is 1. The first kappa shape index (κ1) is 13.1. The normalized spacial score (nSPS) is 11.3. The third-order valence-electron chi connectivity index (χ3n) is 2.81. The summed E-state index contributed by atoms with van der Waals surface area (Å²) in [5.41, 5.74) is 1.85. The molecule has 3 rings (SSSR count). The molecule has 0 spiro atoms. The molecule has 2 aromatic heterocycles. The van der Waals surface area contributed by atoms with E-state index in [1.807, 2.05) is 42.5 Å². The van der Waals surface area contributed by atoms with Gasteiger partial charge < -0.3 is 4.74 Å². The van der Waals surface area contributed by atoms with Gasteiger partial charge in [-0.05, 0) is 36.4 Å². The minimum absolute atomic E-state index is 0.492. The Morgan fingerprint density at radius 1 is 1.25 bits per heavy atom. The second-order valence-corrected chi connectivity index (χ2v) is 5.52. The van der Waals surface area contributed by atoms with Gasteiger partial charge in [0.05, 0.1) is 17.3 Å². The van der Waals surface area contributed by atoms with E-state index in [1.165, 1.54) is 0 Å². The van der Waals surface area contributed by atoms with Crippen molar-refractivity contribution in [1.82, 2.24) is 9.97 Å². The Morgan fingerprint density at radius 3 is 2.95 bits per heavy atom. The van der Waals surface area contributed by atoms with E-state index >= 15 is 0 Å². The molecule has 0 aliphatic carbocycles. The van der Waals surface area contributed by atoms with Crippen LogP contribution in [0.15, 0.2) is 36.5 Å². The summed E-state index contributed by atoms with van der Waals surface area (Å²) < 4.78 is 6.31. The van der Waals surface area contributed by atoms with Gasteiger partial charge in [-0.1, -0.05) is 17.7 Å². The Labute approximate surface area is 125 Å². The number of hydrogen-bond acceptors (Lipinski definition) is 4. The van der Waals surface area contributed by atoms with E-state index in [-0.39, 0.29) is 0 Å². The maximum atomic E-state index is 6.01. The molecule has 0 aliphatic heterocycles. The maximum Gasteiger partial charge on any atom is 0.136 e. The van der Waals surface area contributed by atoms with Crippen LogP contribution < -0.4 is 4.74 Å². The van der Waals surface area contributed by atoms with Crippen molar-refractivity contribution in [2.75, 3.05) is 7.11 Å². The second-order valence-electron chi connectivity index (χ2n) is 4.10. The molecule has 0 fully saturated rings. The molecule has 0 aliphatic rings. The fourth-order valence-electron chi connectivity index (χ4n) is 1.80. The van der Waals surface area contributed by atoms with Crippen molar-refractivity contribution < 1.29 is 4.74 Å². The lowest BCUT2D eigenvalue weighted by Crippen LogP contribution is -1.80. The molecular formula is C15H11ClN2OS. The summed E-state index contributed by atoms with van der Waals surface area (Å²) in [5.74, 6) is 0.840. The number of hydrogen-bond donors (Lipinski definition) is 0. The average molecular weight is 303 g/mol. The van der Waals surface area contributed by atoms with Crippen LogP contribution in [0.4, 0.5) is 0 Å². The lowest BCUT2D eigenvalue weighted by atomic mass is 10.2. The van der Waals surface area contributed by atoms with Crippen molar-refractivity contribution in [3.63, 3.8) is 0 Å². The third kappa shape index (κ3) is 2.66. The Kier molecular flexibility index (Phi) is 3.67. The molecule has 2 heterocycles. The number of methoxy groups -OCH3 is 1. The molecule has 0 amide bonds. The quantitative estimate of drug-likeness (QED) is 0.667. The van der Waals surface area contributed by atoms with Gasteiger partial charge in [-0.2, -0.15) is 0 Å². The molecule has 100 valence electrons. The Balaban J connectivity index is 1.93. The monoisotopic (exact) mass is 302 g/mol. The molecule has 1 aromatic carbocycles. The van der Waals surface area contributed by atoms with Crippen LogP contribution in [0.2, 0.25) is 5.15 Å². The number of thiazole rings is 1. The molecule has 0 bridgehead atoms. The highest BCUT2D eigenvalue weighted by Crippen LogP contribution is 2.27. The van der Waals surface area contributed by atoms with Crippen LogP contribution in [0.1, 0.15) is 10.6 Å². The number of nitrogens with zero attached hydrogens (tertiary/aromatic N) is 2. The van der Waals surface area contributed by atoms with Gasteiger partial charge in [0.25, 0.3) is 0 Å². The molecule has 0 unspecified atom stereocenters. The van der Waals surface area contributed by atoms with Crippen molar-refractivity contribution >= 4 is 45.3 Å². The topological polar surface area (TPSA) is 35.0 Å². The average Bonchev–Trinajstić information content (AvgIpc) is 2.88. The summed E-state index contributed by atoms with van der Waals surface area (Å²) in [5, 5.41) is 1.42. The molecule has 0 saturated carbocycles. The standard InChI is InChI=1S/C15H11ClN2OS/c1-19-11-5-6-12-13(9-11)20-14(18-12)7-4-10-3-2-8-17-15(10)16/h2-9H,1H3. The molecule has 0 N–H and O–H groups in total. The molecule has 0 radical (unpaired) electrons. The van der Waals surface area contributed by atoms with Crippen LogP contribution in [0.5, 0.6) is 5.75 Å². The lowest BCUT2D eigenvalue weighted by Gasteiger charge is -1.96. The summed E-state index contributed by atoms with van der Waals surface area (Å²) in [6.07, 6.45) is 5.54. The van der Waals surface area contributed by atoms with Crippen molar-refractivity contribution in [2.45, 2.75) is 0 Å². The van der Waals surface area contributed by atoms with E-state index in [9.17, 15) is 0 Å². The van der Waals surface area contributed by atoms with Gasteiger partial charge in [-0.25, -0.2) is 9.97 Å². The van der Waals surface area contributed by atoms with Crippen LogP contribution in [0.3, 0.4) is 0 Å². The molecule has 3 nitrogen and oxygen atoms in total. The second kappa shape index (κ2) is 5.61. The first-order valence-corrected chi connectivity index (χ1v) is 7.19.